The molecule has 1 aliphatic rings. The summed E-state index contributed by atoms with van der Waals surface area (Å²) in [7, 11) is 0. The van der Waals surface area contributed by atoms with Crippen LogP contribution in [-0.2, 0) is 6.54 Å². The van der Waals surface area contributed by atoms with Crippen LogP contribution in [0, 0.1) is 5.82 Å². The second-order valence-corrected chi connectivity index (χ2v) is 6.28. The van der Waals surface area contributed by atoms with Crippen molar-refractivity contribution in [2.45, 2.75) is 6.54 Å². The highest BCUT2D eigenvalue weighted by Gasteiger charge is 2.20. The van der Waals surface area contributed by atoms with Gasteiger partial charge in [-0.05, 0) is 29.8 Å². The van der Waals surface area contributed by atoms with Crippen molar-refractivity contribution in [1.82, 2.24) is 9.80 Å². The van der Waals surface area contributed by atoms with Gasteiger partial charge in [0.2, 0.25) is 0 Å². The normalized spacial score (nSPS) is 15.2. The maximum atomic E-state index is 13.2. The summed E-state index contributed by atoms with van der Waals surface area (Å²) in [6, 6.07) is 11.9. The standard InChI is InChI=1S/C18H18ClFN2O3/c19-16-11-15(4-5-17(16)20)25-14-3-1-2-13(10-14)12-21-6-8-22(9-7-21)18(23)24/h1-5,10-11H,6-9,12H2,(H,23,24). The highest BCUT2D eigenvalue weighted by atomic mass is 35.5. The van der Waals surface area contributed by atoms with Crippen LogP contribution in [0.1, 0.15) is 5.56 Å². The summed E-state index contributed by atoms with van der Waals surface area (Å²) in [5.41, 5.74) is 1.06. The first-order valence-corrected chi connectivity index (χ1v) is 8.31. The Labute approximate surface area is 150 Å². The minimum atomic E-state index is -0.868. The molecule has 1 N–H and O–H groups in total. The Balaban J connectivity index is 1.62. The number of nitrogens with zero attached hydrogens (tertiary/aromatic N) is 2. The molecular formula is C18H18ClFN2O3. The minimum Gasteiger partial charge on any atom is -0.465 e. The van der Waals surface area contributed by atoms with Gasteiger partial charge in [-0.15, -0.1) is 0 Å². The smallest absolute Gasteiger partial charge is 0.407 e. The Kier molecular flexibility index (Phi) is 5.40. The van der Waals surface area contributed by atoms with Crippen LogP contribution in [0.3, 0.4) is 0 Å². The molecule has 25 heavy (non-hydrogen) atoms. The zero-order valence-electron chi connectivity index (χ0n) is 13.5. The molecule has 0 radical (unpaired) electrons. The Morgan fingerprint density at radius 2 is 1.84 bits per heavy atom. The molecule has 7 heteroatoms. The lowest BCUT2D eigenvalue weighted by Gasteiger charge is -2.33. The Hall–Kier alpha value is -2.31. The second-order valence-electron chi connectivity index (χ2n) is 5.87. The van der Waals surface area contributed by atoms with Gasteiger partial charge in [0.15, 0.2) is 0 Å². The quantitative estimate of drug-likeness (QED) is 0.888. The summed E-state index contributed by atoms with van der Waals surface area (Å²) in [6.45, 7) is 3.14. The van der Waals surface area contributed by atoms with Gasteiger partial charge in [-0.3, -0.25) is 4.90 Å². The number of benzene rings is 2. The summed E-state index contributed by atoms with van der Waals surface area (Å²) in [6.07, 6.45) is -0.868. The molecule has 1 amide bonds. The number of rotatable bonds is 4. The van der Waals surface area contributed by atoms with Crippen LogP contribution in [0.5, 0.6) is 11.5 Å². The molecule has 5 nitrogen and oxygen atoms in total. The molecule has 3 rings (SSSR count). The monoisotopic (exact) mass is 364 g/mol. The number of carboxylic acid groups (broad SMARTS) is 1. The first-order chi connectivity index (χ1) is 12.0. The molecule has 132 valence electrons. The van der Waals surface area contributed by atoms with Crippen LogP contribution >= 0.6 is 11.6 Å². The van der Waals surface area contributed by atoms with Crippen molar-refractivity contribution in [2.24, 2.45) is 0 Å². The predicted molar refractivity (Wildman–Crippen MR) is 92.8 cm³/mol. The fourth-order valence-corrected chi connectivity index (χ4v) is 2.91. The van der Waals surface area contributed by atoms with Gasteiger partial charge in [-0.1, -0.05) is 23.7 Å². The lowest BCUT2D eigenvalue weighted by molar-refractivity contribution is 0.103. The van der Waals surface area contributed by atoms with Crippen molar-refractivity contribution in [3.05, 3.63) is 58.9 Å². The van der Waals surface area contributed by atoms with Gasteiger partial charge < -0.3 is 14.7 Å². The van der Waals surface area contributed by atoms with Crippen LogP contribution in [-0.4, -0.2) is 47.2 Å². The number of amides is 1. The summed E-state index contributed by atoms with van der Waals surface area (Å²) >= 11 is 5.77. The second kappa shape index (κ2) is 7.72. The lowest BCUT2D eigenvalue weighted by Crippen LogP contribution is -2.47. The highest BCUT2D eigenvalue weighted by Crippen LogP contribution is 2.27. The zero-order chi connectivity index (χ0) is 17.8. The third kappa shape index (κ3) is 4.61. The van der Waals surface area contributed by atoms with Gasteiger partial charge in [-0.2, -0.15) is 0 Å². The van der Waals surface area contributed by atoms with Crippen molar-refractivity contribution in [3.8, 4) is 11.5 Å². The topological polar surface area (TPSA) is 53.0 Å². The van der Waals surface area contributed by atoms with E-state index in [0.717, 1.165) is 12.1 Å². The molecule has 1 saturated heterocycles. The molecule has 0 spiro atoms. The van der Waals surface area contributed by atoms with Crippen LogP contribution in [0.2, 0.25) is 5.02 Å². The first-order valence-electron chi connectivity index (χ1n) is 7.93. The van der Waals surface area contributed by atoms with Crippen molar-refractivity contribution < 1.29 is 19.0 Å². The molecule has 1 aliphatic heterocycles. The van der Waals surface area contributed by atoms with Crippen LogP contribution < -0.4 is 4.74 Å². The average Bonchev–Trinajstić information content (AvgIpc) is 2.59. The van der Waals surface area contributed by atoms with Crippen molar-refractivity contribution in [1.29, 1.82) is 0 Å². The molecule has 0 atom stereocenters. The number of carbonyl (C=O) groups is 1. The Bertz CT molecular complexity index is 764. The minimum absolute atomic E-state index is 0.0185. The van der Waals surface area contributed by atoms with E-state index in [1.165, 1.54) is 23.1 Å². The molecule has 0 aliphatic carbocycles. The van der Waals surface area contributed by atoms with Crippen LogP contribution in [0.4, 0.5) is 9.18 Å². The SMILES string of the molecule is O=C(O)N1CCN(Cc2cccc(Oc3ccc(F)c(Cl)c3)c2)CC1. The zero-order valence-corrected chi connectivity index (χ0v) is 14.2. The molecule has 0 saturated carbocycles. The third-order valence-corrected chi connectivity index (χ3v) is 4.36. The van der Waals surface area contributed by atoms with E-state index in [1.807, 2.05) is 24.3 Å². The van der Waals surface area contributed by atoms with Crippen molar-refractivity contribution in [3.63, 3.8) is 0 Å². The summed E-state index contributed by atoms with van der Waals surface area (Å²) < 4.78 is 18.9. The fourth-order valence-electron chi connectivity index (χ4n) is 2.74. The molecule has 0 aromatic heterocycles. The van der Waals surface area contributed by atoms with E-state index in [4.69, 9.17) is 21.4 Å². The van der Waals surface area contributed by atoms with E-state index in [0.29, 0.717) is 37.7 Å². The lowest BCUT2D eigenvalue weighted by atomic mass is 10.2. The molecule has 0 unspecified atom stereocenters. The number of piperazine rings is 1. The van der Waals surface area contributed by atoms with E-state index >= 15 is 0 Å². The molecule has 2 aromatic rings. The predicted octanol–water partition coefficient (Wildman–Crippen LogP) is 4.07. The van der Waals surface area contributed by atoms with Gasteiger partial charge in [0.25, 0.3) is 0 Å². The molecular weight excluding hydrogens is 347 g/mol. The van der Waals surface area contributed by atoms with Crippen LogP contribution in [0.15, 0.2) is 42.5 Å². The van der Waals surface area contributed by atoms with Gasteiger partial charge >= 0.3 is 6.09 Å². The molecule has 0 bridgehead atoms. The molecule has 2 aromatic carbocycles. The number of hydrogen-bond acceptors (Lipinski definition) is 3. The van der Waals surface area contributed by atoms with Crippen LogP contribution in [0.25, 0.3) is 0 Å². The van der Waals surface area contributed by atoms with E-state index < -0.39 is 11.9 Å². The number of hydrogen-bond donors (Lipinski definition) is 1. The summed E-state index contributed by atoms with van der Waals surface area (Å²) in [5, 5.41) is 9.00. The number of ether oxygens (including phenoxy) is 1. The van der Waals surface area contributed by atoms with E-state index in [9.17, 15) is 9.18 Å². The van der Waals surface area contributed by atoms with Gasteiger partial charge in [0.05, 0.1) is 5.02 Å². The summed E-state index contributed by atoms with van der Waals surface area (Å²) in [5.74, 6) is 0.631. The molecule has 1 heterocycles. The number of halogens is 2. The van der Waals surface area contributed by atoms with E-state index in [2.05, 4.69) is 4.90 Å². The van der Waals surface area contributed by atoms with Crippen molar-refractivity contribution >= 4 is 17.7 Å². The third-order valence-electron chi connectivity index (χ3n) is 4.07. The highest BCUT2D eigenvalue weighted by molar-refractivity contribution is 6.30. The van der Waals surface area contributed by atoms with E-state index in [-0.39, 0.29) is 5.02 Å². The first kappa shape index (κ1) is 17.5. The fraction of sp³-hybridized carbons (Fsp3) is 0.278. The van der Waals surface area contributed by atoms with Gasteiger partial charge in [0, 0.05) is 38.8 Å². The average molecular weight is 365 g/mol. The van der Waals surface area contributed by atoms with Gasteiger partial charge in [0.1, 0.15) is 17.3 Å². The maximum absolute atomic E-state index is 13.2. The Morgan fingerprint density at radius 1 is 1.12 bits per heavy atom. The van der Waals surface area contributed by atoms with Gasteiger partial charge in [-0.25, -0.2) is 9.18 Å². The Morgan fingerprint density at radius 3 is 2.52 bits per heavy atom. The molecule has 1 fully saturated rings. The van der Waals surface area contributed by atoms with E-state index in [1.54, 1.807) is 0 Å². The van der Waals surface area contributed by atoms with Crippen molar-refractivity contribution in [2.75, 3.05) is 26.2 Å². The largest absolute Gasteiger partial charge is 0.465 e. The summed E-state index contributed by atoms with van der Waals surface area (Å²) in [4.78, 5) is 14.6. The maximum Gasteiger partial charge on any atom is 0.407 e.